The van der Waals surface area contributed by atoms with Crippen molar-refractivity contribution < 1.29 is 14.3 Å². The zero-order chi connectivity index (χ0) is 19.5. The number of amides is 2. The molecule has 0 saturated carbocycles. The van der Waals surface area contributed by atoms with Crippen molar-refractivity contribution in [2.24, 2.45) is 0 Å². The van der Waals surface area contributed by atoms with E-state index in [4.69, 9.17) is 4.74 Å². The number of carbonyl (C=O) groups excluding carboxylic acids is 2. The molecule has 0 aliphatic carbocycles. The van der Waals surface area contributed by atoms with Gasteiger partial charge in [-0.05, 0) is 32.3 Å². The molecule has 2 saturated heterocycles. The Labute approximate surface area is 167 Å². The summed E-state index contributed by atoms with van der Waals surface area (Å²) in [6, 6.07) is 1.74. The number of nitrogens with one attached hydrogen (secondary N) is 1. The zero-order valence-electron chi connectivity index (χ0n) is 16.0. The number of rotatable bonds is 4. The lowest BCUT2D eigenvalue weighted by molar-refractivity contribution is -0.134. The summed E-state index contributed by atoms with van der Waals surface area (Å²) in [6.45, 7) is 4.95. The largest absolute Gasteiger partial charge is 0.378 e. The third kappa shape index (κ3) is 4.10. The maximum Gasteiger partial charge on any atom is 0.274 e. The number of thiazole rings is 1. The van der Waals surface area contributed by atoms with Gasteiger partial charge >= 0.3 is 0 Å². The van der Waals surface area contributed by atoms with Gasteiger partial charge in [0.25, 0.3) is 5.91 Å². The van der Waals surface area contributed by atoms with Crippen molar-refractivity contribution in [1.29, 1.82) is 0 Å². The Morgan fingerprint density at radius 2 is 2.11 bits per heavy atom. The van der Waals surface area contributed by atoms with Crippen molar-refractivity contribution in [1.82, 2.24) is 25.0 Å². The van der Waals surface area contributed by atoms with Gasteiger partial charge in [0, 0.05) is 25.0 Å². The van der Waals surface area contributed by atoms with E-state index in [9.17, 15) is 9.59 Å². The van der Waals surface area contributed by atoms with Crippen LogP contribution in [0.25, 0.3) is 0 Å². The molecule has 2 fully saturated rings. The van der Waals surface area contributed by atoms with E-state index in [0.717, 1.165) is 42.2 Å². The molecular formula is C19H25N5O3S. The number of aromatic amines is 1. The van der Waals surface area contributed by atoms with Crippen LogP contribution in [0.1, 0.15) is 52.2 Å². The van der Waals surface area contributed by atoms with Gasteiger partial charge < -0.3 is 14.5 Å². The molecule has 2 amide bonds. The predicted octanol–water partition coefficient (Wildman–Crippen LogP) is 1.94. The van der Waals surface area contributed by atoms with E-state index in [2.05, 4.69) is 15.2 Å². The number of aromatic nitrogens is 3. The van der Waals surface area contributed by atoms with Gasteiger partial charge in [0.15, 0.2) is 0 Å². The zero-order valence-corrected chi connectivity index (χ0v) is 16.8. The minimum atomic E-state index is -0.0857. The molecule has 28 heavy (non-hydrogen) atoms. The van der Waals surface area contributed by atoms with Crippen LogP contribution < -0.4 is 0 Å². The van der Waals surface area contributed by atoms with Crippen molar-refractivity contribution in [3.63, 3.8) is 0 Å². The molecule has 0 aromatic carbocycles. The van der Waals surface area contributed by atoms with Crippen LogP contribution in [0.3, 0.4) is 0 Å². The second-order valence-electron chi connectivity index (χ2n) is 7.25. The van der Waals surface area contributed by atoms with Crippen molar-refractivity contribution >= 4 is 23.2 Å². The fraction of sp³-hybridized carbons (Fsp3) is 0.579. The molecule has 0 spiro atoms. The summed E-state index contributed by atoms with van der Waals surface area (Å²) in [6.07, 6.45) is 3.23. The Balaban J connectivity index is 1.47. The molecule has 1 atom stereocenters. The van der Waals surface area contributed by atoms with Gasteiger partial charge in [0.05, 0.1) is 42.1 Å². The van der Waals surface area contributed by atoms with E-state index < -0.39 is 0 Å². The van der Waals surface area contributed by atoms with Gasteiger partial charge in [-0.1, -0.05) is 0 Å². The van der Waals surface area contributed by atoms with Crippen LogP contribution in [-0.4, -0.2) is 69.6 Å². The molecule has 0 bridgehead atoms. The van der Waals surface area contributed by atoms with Crippen LogP contribution in [-0.2, 0) is 16.0 Å². The normalized spacial score (nSPS) is 20.4. The first-order valence-corrected chi connectivity index (χ1v) is 10.6. The highest BCUT2D eigenvalue weighted by Gasteiger charge is 2.31. The molecule has 4 rings (SSSR count). The van der Waals surface area contributed by atoms with Crippen molar-refractivity contribution in [2.75, 3.05) is 32.8 Å². The standard InChI is InChI=1S/C19H25N5O3S/c1-13-20-14(12-28-13)10-18(25)24-5-3-2-4-17(24)15-11-16(22-21-15)19(26)23-6-8-27-9-7-23/h11-12,17H,2-10H2,1H3,(H,21,22)/t17-/m1/s1. The van der Waals surface area contributed by atoms with Crippen LogP contribution in [0.4, 0.5) is 0 Å². The molecule has 4 heterocycles. The molecule has 1 N–H and O–H groups in total. The molecule has 150 valence electrons. The highest BCUT2D eigenvalue weighted by atomic mass is 32.1. The van der Waals surface area contributed by atoms with Crippen LogP contribution in [0, 0.1) is 6.92 Å². The summed E-state index contributed by atoms with van der Waals surface area (Å²) in [4.78, 5) is 33.7. The fourth-order valence-electron chi connectivity index (χ4n) is 3.84. The number of ether oxygens (including phenoxy) is 1. The van der Waals surface area contributed by atoms with Crippen molar-refractivity contribution in [3.8, 4) is 0 Å². The molecule has 2 aliphatic heterocycles. The number of hydrogen-bond acceptors (Lipinski definition) is 6. The second-order valence-corrected chi connectivity index (χ2v) is 8.31. The lowest BCUT2D eigenvalue weighted by Crippen LogP contribution is -2.41. The number of nitrogens with zero attached hydrogens (tertiary/aromatic N) is 4. The lowest BCUT2D eigenvalue weighted by atomic mass is 9.98. The Bertz CT molecular complexity index is 842. The summed E-state index contributed by atoms with van der Waals surface area (Å²) in [5.74, 6) is -0.0110. The number of H-pyrrole nitrogens is 1. The van der Waals surface area contributed by atoms with Crippen molar-refractivity contribution in [3.05, 3.63) is 33.5 Å². The van der Waals surface area contributed by atoms with Crippen LogP contribution in [0.2, 0.25) is 0 Å². The van der Waals surface area contributed by atoms with Gasteiger partial charge in [0.2, 0.25) is 5.91 Å². The van der Waals surface area contributed by atoms with Gasteiger partial charge in [-0.2, -0.15) is 5.10 Å². The Hall–Kier alpha value is -2.26. The number of hydrogen-bond donors (Lipinski definition) is 1. The quantitative estimate of drug-likeness (QED) is 0.842. The van der Waals surface area contributed by atoms with Crippen molar-refractivity contribution in [2.45, 2.75) is 38.6 Å². The molecule has 2 aromatic heterocycles. The predicted molar refractivity (Wildman–Crippen MR) is 104 cm³/mol. The molecule has 9 heteroatoms. The minimum absolute atomic E-state index is 0.0697. The third-order valence-corrected chi connectivity index (χ3v) is 6.12. The van der Waals surface area contributed by atoms with E-state index in [1.165, 1.54) is 0 Å². The smallest absolute Gasteiger partial charge is 0.274 e. The summed E-state index contributed by atoms with van der Waals surface area (Å²) in [5, 5.41) is 10.2. The molecule has 8 nitrogen and oxygen atoms in total. The first-order valence-electron chi connectivity index (χ1n) is 9.74. The number of likely N-dealkylation sites (tertiary alicyclic amines) is 1. The highest BCUT2D eigenvalue weighted by molar-refractivity contribution is 7.09. The summed E-state index contributed by atoms with van der Waals surface area (Å²) < 4.78 is 5.31. The summed E-state index contributed by atoms with van der Waals surface area (Å²) >= 11 is 1.56. The maximum absolute atomic E-state index is 12.9. The maximum atomic E-state index is 12.9. The van der Waals surface area contributed by atoms with E-state index >= 15 is 0 Å². The molecular weight excluding hydrogens is 378 g/mol. The van der Waals surface area contributed by atoms with Gasteiger partial charge in [0.1, 0.15) is 5.69 Å². The average molecular weight is 404 g/mol. The molecule has 2 aliphatic rings. The highest BCUT2D eigenvalue weighted by Crippen LogP contribution is 2.31. The van der Waals surface area contributed by atoms with E-state index in [-0.39, 0.29) is 17.9 Å². The molecule has 0 radical (unpaired) electrons. The van der Waals surface area contributed by atoms with Gasteiger partial charge in [-0.3, -0.25) is 14.7 Å². The monoisotopic (exact) mass is 403 g/mol. The topological polar surface area (TPSA) is 91.4 Å². The number of morpholine rings is 1. The van der Waals surface area contributed by atoms with Crippen LogP contribution >= 0.6 is 11.3 Å². The first-order chi connectivity index (χ1) is 13.6. The van der Waals surface area contributed by atoms with Gasteiger partial charge in [-0.25, -0.2) is 4.98 Å². The average Bonchev–Trinajstić information content (AvgIpc) is 3.37. The number of piperidine rings is 1. The SMILES string of the molecule is Cc1nc(CC(=O)N2CCCC[C@@H]2c2cc(C(=O)N3CCOCC3)n[nH]2)cs1. The lowest BCUT2D eigenvalue weighted by Gasteiger charge is -2.35. The summed E-state index contributed by atoms with van der Waals surface area (Å²) in [5.41, 5.74) is 2.06. The Kier molecular flexibility index (Phi) is 5.72. The fourth-order valence-corrected chi connectivity index (χ4v) is 4.46. The summed E-state index contributed by atoms with van der Waals surface area (Å²) in [7, 11) is 0. The van der Waals surface area contributed by atoms with Crippen LogP contribution in [0.15, 0.2) is 11.4 Å². The minimum Gasteiger partial charge on any atom is -0.378 e. The van der Waals surface area contributed by atoms with E-state index in [1.54, 1.807) is 22.3 Å². The number of carbonyl (C=O) groups is 2. The Morgan fingerprint density at radius 3 is 2.86 bits per heavy atom. The molecule has 2 aromatic rings. The number of aryl methyl sites for hydroxylation is 1. The van der Waals surface area contributed by atoms with E-state index in [0.29, 0.717) is 38.4 Å². The first kappa shape index (κ1) is 19.1. The van der Waals surface area contributed by atoms with E-state index in [1.807, 2.05) is 17.2 Å². The Morgan fingerprint density at radius 1 is 1.29 bits per heavy atom. The molecule has 0 unspecified atom stereocenters. The third-order valence-electron chi connectivity index (χ3n) is 5.30. The second kappa shape index (κ2) is 8.40. The van der Waals surface area contributed by atoms with Gasteiger partial charge in [-0.15, -0.1) is 11.3 Å². The van der Waals surface area contributed by atoms with Crippen LogP contribution in [0.5, 0.6) is 0 Å².